The summed E-state index contributed by atoms with van der Waals surface area (Å²) in [4.78, 5) is 0. The molecule has 0 aliphatic carbocycles. The summed E-state index contributed by atoms with van der Waals surface area (Å²) in [6.45, 7) is 11.2. The minimum absolute atomic E-state index is 0.166. The molecule has 0 bridgehead atoms. The number of aromatic nitrogens is 1. The van der Waals surface area contributed by atoms with E-state index < -0.39 is 0 Å². The lowest BCUT2D eigenvalue weighted by atomic mass is 10.1. The molecule has 1 heterocycles. The van der Waals surface area contributed by atoms with Gasteiger partial charge in [0.25, 0.3) is 0 Å². The van der Waals surface area contributed by atoms with E-state index in [-0.39, 0.29) is 5.54 Å². The maximum absolute atomic E-state index is 5.66. The summed E-state index contributed by atoms with van der Waals surface area (Å²) in [7, 11) is 0. The predicted molar refractivity (Wildman–Crippen MR) is 80.9 cm³/mol. The first-order valence-corrected chi connectivity index (χ1v) is 6.97. The van der Waals surface area contributed by atoms with Crippen LogP contribution in [0.25, 0.3) is 10.9 Å². The lowest BCUT2D eigenvalue weighted by Crippen LogP contribution is -2.37. The number of hydrogen-bond acceptors (Lipinski definition) is 2. The highest BCUT2D eigenvalue weighted by atomic mass is 16.5. The Morgan fingerprint density at radius 2 is 2.00 bits per heavy atom. The summed E-state index contributed by atoms with van der Waals surface area (Å²) in [6, 6.07) is 8.37. The first-order chi connectivity index (χ1) is 9.01. The smallest absolute Gasteiger partial charge is 0.128 e. The van der Waals surface area contributed by atoms with Gasteiger partial charge in [-0.2, -0.15) is 0 Å². The summed E-state index contributed by atoms with van der Waals surface area (Å²) >= 11 is 0. The number of nitrogens with one attached hydrogen (secondary N) is 1. The molecular weight excluding hydrogens is 236 g/mol. The molecule has 1 aromatic carbocycles. The Morgan fingerprint density at radius 3 is 2.68 bits per heavy atom. The van der Waals surface area contributed by atoms with E-state index in [9.17, 15) is 0 Å². The summed E-state index contributed by atoms with van der Waals surface area (Å²) < 4.78 is 7.94. The van der Waals surface area contributed by atoms with E-state index in [1.165, 1.54) is 10.9 Å². The Bertz CT molecular complexity index is 537. The molecule has 0 aliphatic heterocycles. The van der Waals surface area contributed by atoms with Crippen LogP contribution in [0, 0.1) is 0 Å². The Morgan fingerprint density at radius 1 is 1.21 bits per heavy atom. The molecule has 2 aromatic rings. The van der Waals surface area contributed by atoms with E-state index in [0.29, 0.717) is 6.61 Å². The van der Waals surface area contributed by atoms with E-state index in [1.54, 1.807) is 0 Å². The monoisotopic (exact) mass is 260 g/mol. The van der Waals surface area contributed by atoms with Gasteiger partial charge >= 0.3 is 0 Å². The van der Waals surface area contributed by atoms with Crippen LogP contribution in [0.5, 0.6) is 5.75 Å². The van der Waals surface area contributed by atoms with Crippen LogP contribution < -0.4 is 10.1 Å². The van der Waals surface area contributed by atoms with Gasteiger partial charge in [0.05, 0.1) is 12.1 Å². The highest BCUT2D eigenvalue weighted by molar-refractivity contribution is 5.86. The maximum Gasteiger partial charge on any atom is 0.128 e. The largest absolute Gasteiger partial charge is 0.493 e. The predicted octanol–water partition coefficient (Wildman–Crippen LogP) is 3.43. The number of fused-ring (bicyclic) bond motifs is 1. The third-order valence-corrected chi connectivity index (χ3v) is 3.08. The van der Waals surface area contributed by atoms with Gasteiger partial charge in [-0.25, -0.2) is 0 Å². The van der Waals surface area contributed by atoms with E-state index in [0.717, 1.165) is 18.8 Å². The molecule has 0 unspecified atom stereocenters. The fourth-order valence-electron chi connectivity index (χ4n) is 2.22. The minimum Gasteiger partial charge on any atom is -0.493 e. The zero-order chi connectivity index (χ0) is 13.9. The molecule has 0 amide bonds. The van der Waals surface area contributed by atoms with Crippen LogP contribution in [0.3, 0.4) is 0 Å². The maximum atomic E-state index is 5.66. The molecule has 0 atom stereocenters. The lowest BCUT2D eigenvalue weighted by molar-refractivity contribution is 0.344. The minimum atomic E-state index is 0.166. The second-order valence-electron chi connectivity index (χ2n) is 5.81. The Kier molecular flexibility index (Phi) is 4.15. The number of benzene rings is 1. The van der Waals surface area contributed by atoms with Crippen molar-refractivity contribution in [1.29, 1.82) is 0 Å². The van der Waals surface area contributed by atoms with Crippen molar-refractivity contribution in [3.05, 3.63) is 30.5 Å². The van der Waals surface area contributed by atoms with Crippen molar-refractivity contribution >= 4 is 10.9 Å². The van der Waals surface area contributed by atoms with Gasteiger partial charge < -0.3 is 14.6 Å². The van der Waals surface area contributed by atoms with Crippen molar-refractivity contribution < 1.29 is 4.74 Å². The van der Waals surface area contributed by atoms with Crippen molar-refractivity contribution in [2.45, 2.75) is 39.8 Å². The quantitative estimate of drug-likeness (QED) is 0.891. The van der Waals surface area contributed by atoms with Gasteiger partial charge in [-0.15, -0.1) is 0 Å². The molecule has 2 rings (SSSR count). The van der Waals surface area contributed by atoms with Gasteiger partial charge in [-0.1, -0.05) is 6.07 Å². The van der Waals surface area contributed by atoms with Crippen molar-refractivity contribution in [2.24, 2.45) is 0 Å². The first kappa shape index (κ1) is 13.9. The zero-order valence-corrected chi connectivity index (χ0v) is 12.4. The van der Waals surface area contributed by atoms with E-state index >= 15 is 0 Å². The van der Waals surface area contributed by atoms with Crippen LogP contribution in [0.2, 0.25) is 0 Å². The average molecular weight is 260 g/mol. The summed E-state index contributed by atoms with van der Waals surface area (Å²) in [5.41, 5.74) is 1.40. The molecule has 0 radical (unpaired) electrons. The molecule has 1 aromatic heterocycles. The van der Waals surface area contributed by atoms with Crippen molar-refractivity contribution in [1.82, 2.24) is 9.88 Å². The number of ether oxygens (including phenoxy) is 1. The summed E-state index contributed by atoms with van der Waals surface area (Å²) in [5.74, 6) is 0.975. The van der Waals surface area contributed by atoms with E-state index in [2.05, 4.69) is 55.1 Å². The van der Waals surface area contributed by atoms with Crippen molar-refractivity contribution in [3.63, 3.8) is 0 Å². The van der Waals surface area contributed by atoms with Gasteiger partial charge in [0.15, 0.2) is 0 Å². The zero-order valence-electron chi connectivity index (χ0n) is 12.4. The SMILES string of the molecule is CCOc1cccc2c1ccn2CCNC(C)(C)C. The van der Waals surface area contributed by atoms with Crippen LogP contribution in [0.15, 0.2) is 30.5 Å². The Balaban J connectivity index is 2.14. The van der Waals surface area contributed by atoms with Gasteiger partial charge in [0.1, 0.15) is 5.75 Å². The van der Waals surface area contributed by atoms with Crippen molar-refractivity contribution in [3.8, 4) is 5.75 Å². The number of nitrogens with zero attached hydrogens (tertiary/aromatic N) is 1. The Hall–Kier alpha value is -1.48. The molecule has 104 valence electrons. The average Bonchev–Trinajstić information content (AvgIpc) is 2.73. The van der Waals surface area contributed by atoms with Gasteiger partial charge in [-0.3, -0.25) is 0 Å². The third kappa shape index (κ3) is 3.51. The topological polar surface area (TPSA) is 26.2 Å². The van der Waals surface area contributed by atoms with Crippen LogP contribution in [-0.4, -0.2) is 23.3 Å². The molecule has 1 N–H and O–H groups in total. The highest BCUT2D eigenvalue weighted by Crippen LogP contribution is 2.26. The lowest BCUT2D eigenvalue weighted by Gasteiger charge is -2.20. The highest BCUT2D eigenvalue weighted by Gasteiger charge is 2.09. The Labute approximate surface area is 115 Å². The molecule has 3 nitrogen and oxygen atoms in total. The fourth-order valence-corrected chi connectivity index (χ4v) is 2.22. The first-order valence-electron chi connectivity index (χ1n) is 6.97. The molecule has 0 saturated heterocycles. The summed E-state index contributed by atoms with van der Waals surface area (Å²) in [5, 5.41) is 4.71. The molecule has 0 aliphatic rings. The van der Waals surface area contributed by atoms with Gasteiger partial charge in [-0.05, 0) is 45.9 Å². The fraction of sp³-hybridized carbons (Fsp3) is 0.500. The second-order valence-corrected chi connectivity index (χ2v) is 5.81. The van der Waals surface area contributed by atoms with Crippen LogP contribution in [0.1, 0.15) is 27.7 Å². The van der Waals surface area contributed by atoms with Gasteiger partial charge in [0.2, 0.25) is 0 Å². The van der Waals surface area contributed by atoms with Crippen LogP contribution in [-0.2, 0) is 6.54 Å². The van der Waals surface area contributed by atoms with Gasteiger partial charge in [0, 0.05) is 30.2 Å². The van der Waals surface area contributed by atoms with E-state index in [1.807, 2.05) is 13.0 Å². The van der Waals surface area contributed by atoms with Crippen LogP contribution >= 0.6 is 0 Å². The standard InChI is InChI=1S/C16H24N2O/c1-5-19-15-8-6-7-14-13(15)9-11-18(14)12-10-17-16(2,3)4/h6-9,11,17H,5,10,12H2,1-4H3. The summed E-state index contributed by atoms with van der Waals surface area (Å²) in [6.07, 6.45) is 2.14. The third-order valence-electron chi connectivity index (χ3n) is 3.08. The molecule has 19 heavy (non-hydrogen) atoms. The number of rotatable bonds is 5. The molecule has 3 heteroatoms. The number of hydrogen-bond donors (Lipinski definition) is 1. The molecule has 0 fully saturated rings. The second kappa shape index (κ2) is 5.66. The molecule has 0 spiro atoms. The molecular formula is C16H24N2O. The normalized spacial score (nSPS) is 12.0. The van der Waals surface area contributed by atoms with E-state index in [4.69, 9.17) is 4.74 Å². The van der Waals surface area contributed by atoms with Crippen LogP contribution in [0.4, 0.5) is 0 Å². The molecule has 0 saturated carbocycles. The van der Waals surface area contributed by atoms with Crippen molar-refractivity contribution in [2.75, 3.05) is 13.2 Å².